The van der Waals surface area contributed by atoms with Crippen LogP contribution < -0.4 is 18.9 Å². The van der Waals surface area contributed by atoms with Crippen LogP contribution in [-0.4, -0.2) is 111 Å². The van der Waals surface area contributed by atoms with Gasteiger partial charge in [-0.3, -0.25) is 0 Å². The molecule has 4 N–H and O–H groups in total. The molecular formula is C106H92Cl5N9O4S8. The molecule has 0 fully saturated rings. The fourth-order valence-corrected chi connectivity index (χ4v) is 23.7. The van der Waals surface area contributed by atoms with E-state index in [0.717, 1.165) is 190 Å². The van der Waals surface area contributed by atoms with Gasteiger partial charge in [-0.1, -0.05) is 293 Å². The van der Waals surface area contributed by atoms with Crippen molar-refractivity contribution >= 4 is 215 Å². The van der Waals surface area contributed by atoms with Crippen LogP contribution in [0.3, 0.4) is 0 Å². The van der Waals surface area contributed by atoms with Crippen molar-refractivity contribution in [2.24, 2.45) is 0 Å². The molecule has 4 atom stereocenters. The number of halogens is 5. The van der Waals surface area contributed by atoms with Gasteiger partial charge in [0, 0.05) is 141 Å². The molecule has 26 heteroatoms. The van der Waals surface area contributed by atoms with E-state index in [4.69, 9.17) is 131 Å². The molecule has 4 unspecified atom stereocenters. The van der Waals surface area contributed by atoms with E-state index in [0.29, 0.717) is 5.56 Å². The van der Waals surface area contributed by atoms with E-state index in [1.54, 1.807) is 75.5 Å². The zero-order chi connectivity index (χ0) is 91.6. The molecule has 132 heavy (non-hydrogen) atoms. The van der Waals surface area contributed by atoms with Crippen molar-refractivity contribution in [3.63, 3.8) is 0 Å². The second kappa shape index (κ2) is 43.1. The third kappa shape index (κ3) is 21.2. The Bertz CT molecular complexity index is 6920. The normalized spacial score (nSPS) is 15.4. The molecule has 16 aromatic rings. The standard InChI is InChI=1S/C27H22ClN3OS2.C27H25ClN2OS2.C26H22Cl2N2OS2.C26H23ClN2OS2/c1-32-21-9-6-19(7-10-21)26-25-22(23-14-20(28)8-11-24(23)30-25)12-13-31(26)27(33)34-16-18-4-2-17(15-29)3-5-18;1-17-3-5-18(6-4-17)16-33-27(32)30-14-13-22-23-15-20(28)9-12-24(23)29-25(22)26(30)19-7-10-21(31-2)11-8-19;1-31-19-9-6-16(7-10-19)25-24-20(21-14-18(27)8-11-23(21)29-24)12-13-30(25)26(32)33-15-17-4-2-3-5-22(17)28;1-30-20-10-7-18(8-11-20)25-24-21(22-15-19(27)9-12-23(22)28-24)13-14-29(25)26(31)32-16-17-5-3-2-4-6-17/h2-11,14,26,30H,12-13,16H2,1H3;3-12,15,26,29H,13-14,16H2,1-2H3;2-11,14,25,29H,12-13,15H2,1H3;2-12,15,25,28H,13-14,16H2,1H3. The summed E-state index contributed by atoms with van der Waals surface area (Å²) in [5.74, 6) is 6.57. The number of aromatic amines is 4. The van der Waals surface area contributed by atoms with Crippen molar-refractivity contribution in [1.29, 1.82) is 5.26 Å². The minimum absolute atomic E-state index is 0.0166. The molecule has 8 heterocycles. The summed E-state index contributed by atoms with van der Waals surface area (Å²) in [6.45, 7) is 5.49. The lowest BCUT2D eigenvalue weighted by atomic mass is 9.93. The molecule has 0 bridgehead atoms. The first-order valence-corrected chi connectivity index (χ1v) is 50.6. The Morgan fingerprint density at radius 2 is 0.614 bits per heavy atom. The lowest BCUT2D eigenvalue weighted by molar-refractivity contribution is 0.345. The Morgan fingerprint density at radius 1 is 0.341 bits per heavy atom. The van der Waals surface area contributed by atoms with E-state index in [1.165, 1.54) is 88.7 Å². The summed E-state index contributed by atoms with van der Waals surface area (Å²) >= 11 is 62.3. The highest BCUT2D eigenvalue weighted by Crippen LogP contribution is 2.48. The van der Waals surface area contributed by atoms with Gasteiger partial charge in [0.15, 0.2) is 0 Å². The Labute approximate surface area is 832 Å². The van der Waals surface area contributed by atoms with Gasteiger partial charge in [-0.05, 0) is 239 Å². The quantitative estimate of drug-likeness (QED) is 0.0682. The van der Waals surface area contributed by atoms with Crippen molar-refractivity contribution in [1.82, 2.24) is 39.5 Å². The number of H-pyrrole nitrogens is 4. The molecule has 0 amide bonds. The highest BCUT2D eigenvalue weighted by atomic mass is 35.5. The fourth-order valence-electron chi connectivity index (χ4n) is 17.8. The number of hydrogen-bond donors (Lipinski definition) is 4. The van der Waals surface area contributed by atoms with E-state index in [1.807, 2.05) is 133 Å². The first-order chi connectivity index (χ1) is 64.3. The lowest BCUT2D eigenvalue weighted by Crippen LogP contribution is -2.38. The van der Waals surface area contributed by atoms with E-state index in [2.05, 4.69) is 192 Å². The van der Waals surface area contributed by atoms with Gasteiger partial charge in [-0.25, -0.2) is 0 Å². The van der Waals surface area contributed by atoms with E-state index >= 15 is 0 Å². The van der Waals surface area contributed by atoms with E-state index < -0.39 is 0 Å². The summed E-state index contributed by atoms with van der Waals surface area (Å²) in [6, 6.07) is 94.1. The maximum absolute atomic E-state index is 9.03. The third-order valence-electron chi connectivity index (χ3n) is 24.5. The molecule has 4 aromatic heterocycles. The number of ether oxygens (including phenoxy) is 4. The number of methoxy groups -OCH3 is 4. The SMILES string of the molecule is COc1ccc(C2c3[nH]c4ccc(Cl)cc4c3CCN2C(=S)SCc2ccc(C#N)cc2)cc1.COc1ccc(C2c3[nH]c4ccc(Cl)cc4c3CCN2C(=S)SCc2ccc(C)cc2)cc1.COc1ccc(C2c3[nH]c4ccc(Cl)cc4c3CCN2C(=S)SCc2ccccc2)cc1.COc1ccc(C2c3[nH]c4ccc(Cl)cc4c3CCN2C(=S)SCc2ccccc2Cl)cc1. The number of aromatic nitrogens is 4. The molecule has 13 nitrogen and oxygen atoms in total. The predicted octanol–water partition coefficient (Wildman–Crippen LogP) is 28.8. The number of rotatable bonds is 16. The van der Waals surface area contributed by atoms with Crippen molar-refractivity contribution in [3.8, 4) is 29.1 Å². The number of hydrogen-bond acceptors (Lipinski definition) is 13. The molecule has 0 radical (unpaired) electrons. The van der Waals surface area contributed by atoms with Crippen LogP contribution in [0.15, 0.2) is 273 Å². The number of nitriles is 1. The highest BCUT2D eigenvalue weighted by Gasteiger charge is 2.39. The van der Waals surface area contributed by atoms with Crippen molar-refractivity contribution in [2.75, 3.05) is 54.6 Å². The average Bonchev–Trinajstić information content (AvgIpc) is 1.63. The third-order valence-corrected chi connectivity index (χ3v) is 31.9. The number of nitrogens with zero attached hydrogens (tertiary/aromatic N) is 5. The largest absolute Gasteiger partial charge is 0.497 e. The van der Waals surface area contributed by atoms with E-state index in [-0.39, 0.29) is 24.2 Å². The fraction of sp³-hybridized carbons (Fsp3) is 0.198. The lowest BCUT2D eigenvalue weighted by Gasteiger charge is -2.37. The number of nitrogens with one attached hydrogen (secondary N) is 4. The molecule has 668 valence electrons. The van der Waals surface area contributed by atoms with Crippen LogP contribution in [-0.2, 0) is 48.7 Å². The van der Waals surface area contributed by atoms with Gasteiger partial charge < -0.3 is 58.5 Å². The summed E-state index contributed by atoms with van der Waals surface area (Å²) in [6.07, 6.45) is 3.64. The molecule has 0 saturated heterocycles. The van der Waals surface area contributed by atoms with Crippen LogP contribution in [0, 0.1) is 18.3 Å². The molecule has 4 aliphatic heterocycles. The Kier molecular flexibility index (Phi) is 30.6. The van der Waals surface area contributed by atoms with Gasteiger partial charge in [0.2, 0.25) is 0 Å². The van der Waals surface area contributed by atoms with Crippen molar-refractivity contribution < 1.29 is 18.9 Å². The van der Waals surface area contributed by atoms with Crippen molar-refractivity contribution in [3.05, 3.63) is 399 Å². The van der Waals surface area contributed by atoms with E-state index in [9.17, 15) is 0 Å². The Hall–Kier alpha value is -10.1. The first kappa shape index (κ1) is 93.7. The number of fused-ring (bicyclic) bond motifs is 12. The molecule has 20 rings (SSSR count). The Balaban J connectivity index is 0.000000123. The molecular weight excluding hydrogens is 1900 g/mol. The average molecular weight is 1990 g/mol. The number of thioether (sulfide) groups is 4. The maximum atomic E-state index is 9.03. The summed E-state index contributed by atoms with van der Waals surface area (Å²) in [4.78, 5) is 24.0. The second-order valence-corrected chi connectivity index (χ2v) is 41.0. The minimum Gasteiger partial charge on any atom is -0.497 e. The molecule has 0 saturated carbocycles. The van der Waals surface area contributed by atoms with Gasteiger partial charge in [0.1, 0.15) is 40.3 Å². The number of thiocarbonyl (C=S) groups is 4. The molecule has 12 aromatic carbocycles. The summed E-state index contributed by atoms with van der Waals surface area (Å²) in [5, 5.41) is 17.6. The smallest absolute Gasteiger partial charge is 0.137 e. The van der Waals surface area contributed by atoms with Crippen molar-refractivity contribution in [2.45, 2.75) is 79.8 Å². The first-order valence-electron chi connectivity index (χ1n) is 43.1. The van der Waals surface area contributed by atoms with Crippen LogP contribution >= 0.6 is 154 Å². The minimum atomic E-state index is -0.0261. The zero-order valence-electron chi connectivity index (χ0n) is 72.8. The Morgan fingerprint density at radius 3 is 0.902 bits per heavy atom. The van der Waals surface area contributed by atoms with Gasteiger partial charge in [-0.15, -0.1) is 0 Å². The van der Waals surface area contributed by atoms with Crippen LogP contribution in [0.1, 0.15) is 125 Å². The highest BCUT2D eigenvalue weighted by molar-refractivity contribution is 8.23. The van der Waals surface area contributed by atoms with Crippen LogP contribution in [0.4, 0.5) is 0 Å². The summed E-state index contributed by atoms with van der Waals surface area (Å²) < 4.78 is 25.1. The predicted molar refractivity (Wildman–Crippen MR) is 570 cm³/mol. The topological polar surface area (TPSA) is 137 Å². The maximum Gasteiger partial charge on any atom is 0.137 e. The number of aryl methyl sites for hydroxylation is 1. The van der Waals surface area contributed by atoms with Gasteiger partial charge in [-0.2, -0.15) is 5.26 Å². The van der Waals surface area contributed by atoms with Crippen LogP contribution in [0.5, 0.6) is 23.0 Å². The van der Waals surface area contributed by atoms with Crippen LogP contribution in [0.2, 0.25) is 25.1 Å². The monoisotopic (exact) mass is 1990 g/mol. The van der Waals surface area contributed by atoms with Gasteiger partial charge >= 0.3 is 0 Å². The van der Waals surface area contributed by atoms with Crippen LogP contribution in [0.25, 0.3) is 43.6 Å². The zero-order valence-corrected chi connectivity index (χ0v) is 83.1. The number of benzene rings is 12. The second-order valence-electron chi connectivity index (χ2n) is 32.4. The summed E-state index contributed by atoms with van der Waals surface area (Å²) in [7, 11) is 6.74. The summed E-state index contributed by atoms with van der Waals surface area (Å²) in [5.41, 5.74) is 25.8. The molecule has 0 spiro atoms. The van der Waals surface area contributed by atoms with Gasteiger partial charge in [0.05, 0.1) is 64.2 Å². The van der Waals surface area contributed by atoms with Gasteiger partial charge in [0.25, 0.3) is 0 Å². The molecule has 4 aliphatic rings. The molecule has 0 aliphatic carbocycles.